The van der Waals surface area contributed by atoms with Crippen molar-refractivity contribution in [1.82, 2.24) is 15.3 Å². The maximum Gasteiger partial charge on any atom is 0.246 e. The van der Waals surface area contributed by atoms with Crippen molar-refractivity contribution in [1.29, 1.82) is 0 Å². The third-order valence-electron chi connectivity index (χ3n) is 4.46. The summed E-state index contributed by atoms with van der Waals surface area (Å²) < 4.78 is 11.1. The Bertz CT molecular complexity index is 810. The zero-order valence-corrected chi connectivity index (χ0v) is 14.0. The Hall–Kier alpha value is -2.76. The van der Waals surface area contributed by atoms with E-state index in [4.69, 9.17) is 9.47 Å². The summed E-state index contributed by atoms with van der Waals surface area (Å²) >= 11 is 0. The molecule has 1 aromatic carbocycles. The third-order valence-corrected chi connectivity index (χ3v) is 4.46. The van der Waals surface area contributed by atoms with Crippen LogP contribution in [0.15, 0.2) is 36.0 Å². The minimum Gasteiger partial charge on any atom is -0.486 e. The van der Waals surface area contributed by atoms with Crippen LogP contribution in [-0.2, 0) is 11.2 Å². The number of H-pyrrole nitrogens is 1. The van der Waals surface area contributed by atoms with E-state index >= 15 is 0 Å². The van der Waals surface area contributed by atoms with Gasteiger partial charge in [0.2, 0.25) is 5.91 Å². The Kier molecular flexibility index (Phi) is 4.41. The first-order chi connectivity index (χ1) is 12.3. The molecule has 4 rings (SSSR count). The Morgan fingerprint density at radius 1 is 1.24 bits per heavy atom. The lowest BCUT2D eigenvalue weighted by molar-refractivity contribution is -0.117. The van der Waals surface area contributed by atoms with E-state index in [9.17, 15) is 4.79 Å². The highest BCUT2D eigenvalue weighted by molar-refractivity contribution is 5.93. The number of aromatic amines is 1. The minimum atomic E-state index is 0.0593. The van der Waals surface area contributed by atoms with Gasteiger partial charge in [-0.15, -0.1) is 0 Å². The van der Waals surface area contributed by atoms with Gasteiger partial charge in [0, 0.05) is 36.0 Å². The van der Waals surface area contributed by atoms with Crippen LogP contribution in [0.5, 0.6) is 11.5 Å². The number of imidazole rings is 1. The molecule has 0 spiro atoms. The van der Waals surface area contributed by atoms with Crippen LogP contribution in [-0.4, -0.2) is 35.6 Å². The standard InChI is InChI=1S/C19H21N3O3/c23-19(13-3-1-2-4-13)20-8-7-15-12-21-18(22-15)14-5-6-16-17(11-14)25-10-9-24-16/h3,5-6,11-12H,1-2,4,7-10H2,(H,20,23)(H,21,22). The first-order valence-electron chi connectivity index (χ1n) is 8.71. The molecule has 0 unspecified atom stereocenters. The fraction of sp³-hybridized carbons (Fsp3) is 0.368. The van der Waals surface area contributed by atoms with Crippen LogP contribution >= 0.6 is 0 Å². The number of benzene rings is 1. The van der Waals surface area contributed by atoms with Crippen molar-refractivity contribution in [3.8, 4) is 22.9 Å². The molecule has 2 N–H and O–H groups in total. The summed E-state index contributed by atoms with van der Waals surface area (Å²) in [4.78, 5) is 19.7. The molecular weight excluding hydrogens is 318 g/mol. The average Bonchev–Trinajstić information content (AvgIpc) is 3.33. The molecule has 2 aliphatic rings. The molecule has 0 radical (unpaired) electrons. The molecule has 0 saturated heterocycles. The van der Waals surface area contributed by atoms with E-state index in [0.29, 0.717) is 19.8 Å². The van der Waals surface area contributed by atoms with Gasteiger partial charge < -0.3 is 19.8 Å². The summed E-state index contributed by atoms with van der Waals surface area (Å²) in [7, 11) is 0. The molecule has 6 heteroatoms. The van der Waals surface area contributed by atoms with E-state index in [1.165, 1.54) is 0 Å². The summed E-state index contributed by atoms with van der Waals surface area (Å²) in [6.45, 7) is 1.74. The predicted octanol–water partition coefficient (Wildman–Crippen LogP) is 2.62. The molecule has 0 saturated carbocycles. The Labute approximate surface area is 146 Å². The first kappa shape index (κ1) is 15.7. The highest BCUT2D eigenvalue weighted by Crippen LogP contribution is 2.33. The van der Waals surface area contributed by atoms with Gasteiger partial charge in [-0.2, -0.15) is 0 Å². The summed E-state index contributed by atoms with van der Waals surface area (Å²) in [6.07, 6.45) is 7.56. The lowest BCUT2D eigenvalue weighted by Crippen LogP contribution is -2.26. The molecule has 6 nitrogen and oxygen atoms in total. The number of nitrogens with one attached hydrogen (secondary N) is 2. The van der Waals surface area contributed by atoms with E-state index in [1.807, 2.05) is 30.5 Å². The largest absolute Gasteiger partial charge is 0.486 e. The fourth-order valence-electron chi connectivity index (χ4n) is 3.12. The van der Waals surface area contributed by atoms with Crippen LogP contribution in [0.1, 0.15) is 25.0 Å². The van der Waals surface area contributed by atoms with Crippen molar-refractivity contribution in [3.05, 3.63) is 41.7 Å². The van der Waals surface area contributed by atoms with Crippen LogP contribution in [0.3, 0.4) is 0 Å². The molecular formula is C19H21N3O3. The molecule has 2 aromatic rings. The maximum atomic E-state index is 12.0. The number of ether oxygens (including phenoxy) is 2. The number of carbonyl (C=O) groups excluding carboxylic acids is 1. The van der Waals surface area contributed by atoms with Gasteiger partial charge in [-0.25, -0.2) is 4.98 Å². The lowest BCUT2D eigenvalue weighted by Gasteiger charge is -2.18. The molecule has 2 heterocycles. The SMILES string of the molecule is O=C(NCCc1cnc(-c2ccc3c(c2)OCCO3)[nH]1)C1=CCCC1. The summed E-state index contributed by atoms with van der Waals surface area (Å²) in [6, 6.07) is 5.80. The van der Waals surface area contributed by atoms with E-state index < -0.39 is 0 Å². The summed E-state index contributed by atoms with van der Waals surface area (Å²) in [5, 5.41) is 2.97. The van der Waals surface area contributed by atoms with Gasteiger partial charge in [0.25, 0.3) is 0 Å². The minimum absolute atomic E-state index is 0.0593. The number of allylic oxidation sites excluding steroid dienone is 1. The van der Waals surface area contributed by atoms with Crippen LogP contribution in [0.25, 0.3) is 11.4 Å². The molecule has 1 amide bonds. The Morgan fingerprint density at radius 2 is 2.12 bits per heavy atom. The third kappa shape index (κ3) is 3.52. The second kappa shape index (κ2) is 7.01. The van der Waals surface area contributed by atoms with Crippen molar-refractivity contribution in [2.75, 3.05) is 19.8 Å². The zero-order chi connectivity index (χ0) is 17.1. The number of aromatic nitrogens is 2. The topological polar surface area (TPSA) is 76.2 Å². The van der Waals surface area contributed by atoms with Gasteiger partial charge in [0.15, 0.2) is 11.5 Å². The fourth-order valence-corrected chi connectivity index (χ4v) is 3.12. The summed E-state index contributed by atoms with van der Waals surface area (Å²) in [5.74, 6) is 2.37. The first-order valence-corrected chi connectivity index (χ1v) is 8.71. The quantitative estimate of drug-likeness (QED) is 0.878. The molecule has 1 aliphatic carbocycles. The monoisotopic (exact) mass is 339 g/mol. The number of carbonyl (C=O) groups is 1. The Balaban J connectivity index is 1.36. The number of fused-ring (bicyclic) bond motifs is 1. The highest BCUT2D eigenvalue weighted by atomic mass is 16.6. The van der Waals surface area contributed by atoms with Crippen molar-refractivity contribution in [3.63, 3.8) is 0 Å². The smallest absolute Gasteiger partial charge is 0.246 e. The normalized spacial score (nSPS) is 15.8. The predicted molar refractivity (Wildman–Crippen MR) is 93.7 cm³/mol. The van der Waals surface area contributed by atoms with Gasteiger partial charge in [0.05, 0.1) is 0 Å². The highest BCUT2D eigenvalue weighted by Gasteiger charge is 2.14. The molecule has 1 aromatic heterocycles. The average molecular weight is 339 g/mol. The van der Waals surface area contributed by atoms with Crippen LogP contribution in [0.4, 0.5) is 0 Å². The number of hydrogen-bond donors (Lipinski definition) is 2. The van der Waals surface area contributed by atoms with E-state index in [0.717, 1.165) is 59.8 Å². The number of amides is 1. The summed E-state index contributed by atoms with van der Waals surface area (Å²) in [5.41, 5.74) is 2.86. The van der Waals surface area contributed by atoms with Crippen molar-refractivity contribution < 1.29 is 14.3 Å². The van der Waals surface area contributed by atoms with Crippen LogP contribution in [0.2, 0.25) is 0 Å². The Morgan fingerprint density at radius 3 is 2.96 bits per heavy atom. The molecule has 25 heavy (non-hydrogen) atoms. The van der Waals surface area contributed by atoms with Crippen LogP contribution < -0.4 is 14.8 Å². The second-order valence-corrected chi connectivity index (χ2v) is 6.24. The number of hydrogen-bond acceptors (Lipinski definition) is 4. The molecule has 0 fully saturated rings. The maximum absolute atomic E-state index is 12.0. The number of rotatable bonds is 5. The second-order valence-electron chi connectivity index (χ2n) is 6.24. The zero-order valence-electron chi connectivity index (χ0n) is 14.0. The van der Waals surface area contributed by atoms with E-state index in [2.05, 4.69) is 15.3 Å². The van der Waals surface area contributed by atoms with Crippen molar-refractivity contribution in [2.24, 2.45) is 0 Å². The molecule has 0 bridgehead atoms. The van der Waals surface area contributed by atoms with Gasteiger partial charge in [-0.3, -0.25) is 4.79 Å². The van der Waals surface area contributed by atoms with Gasteiger partial charge in [0.1, 0.15) is 19.0 Å². The van der Waals surface area contributed by atoms with Crippen molar-refractivity contribution >= 4 is 5.91 Å². The van der Waals surface area contributed by atoms with E-state index in [1.54, 1.807) is 0 Å². The lowest BCUT2D eigenvalue weighted by atomic mass is 10.2. The van der Waals surface area contributed by atoms with E-state index in [-0.39, 0.29) is 5.91 Å². The number of nitrogens with zero attached hydrogens (tertiary/aromatic N) is 1. The van der Waals surface area contributed by atoms with Crippen molar-refractivity contribution in [2.45, 2.75) is 25.7 Å². The molecule has 130 valence electrons. The van der Waals surface area contributed by atoms with Gasteiger partial charge in [-0.1, -0.05) is 6.08 Å². The molecule has 0 atom stereocenters. The van der Waals surface area contributed by atoms with Gasteiger partial charge >= 0.3 is 0 Å². The van der Waals surface area contributed by atoms with Crippen LogP contribution in [0, 0.1) is 0 Å². The molecule has 1 aliphatic heterocycles. The van der Waals surface area contributed by atoms with Gasteiger partial charge in [-0.05, 0) is 37.5 Å².